The minimum atomic E-state index is -3.67. The highest BCUT2D eigenvalue weighted by atomic mass is 32.2. The van der Waals surface area contributed by atoms with Crippen LogP contribution in [0.15, 0.2) is 52.3 Å². The van der Waals surface area contributed by atoms with Crippen molar-refractivity contribution in [2.24, 2.45) is 0 Å². The topological polar surface area (TPSA) is 105 Å². The minimum Gasteiger partial charge on any atom is -0.379 e. The highest BCUT2D eigenvalue weighted by Gasteiger charge is 2.28. The van der Waals surface area contributed by atoms with Crippen molar-refractivity contribution in [1.82, 2.24) is 4.31 Å². The van der Waals surface area contributed by atoms with E-state index in [-0.39, 0.29) is 16.7 Å². The number of rotatable bonds is 7. The number of carbonyl (C=O) groups excluding carboxylic acids is 2. The Hall–Kier alpha value is -2.40. The lowest BCUT2D eigenvalue weighted by atomic mass is 10.2. The van der Waals surface area contributed by atoms with Crippen molar-refractivity contribution in [3.05, 3.63) is 48.0 Å². The molecule has 1 fully saturated rings. The third kappa shape index (κ3) is 6.10. The molecule has 3 rings (SSSR count). The van der Waals surface area contributed by atoms with E-state index in [9.17, 15) is 18.0 Å². The predicted molar refractivity (Wildman–Crippen MR) is 125 cm³/mol. The maximum Gasteiger partial charge on any atom is 0.243 e. The summed E-state index contributed by atoms with van der Waals surface area (Å²) in [5.41, 5.74) is 1.74. The van der Waals surface area contributed by atoms with Gasteiger partial charge in [-0.15, -0.1) is 11.8 Å². The molecule has 0 aliphatic carbocycles. The summed E-state index contributed by atoms with van der Waals surface area (Å²) in [6.07, 6.45) is 0. The first-order chi connectivity index (χ1) is 15.2. The van der Waals surface area contributed by atoms with E-state index in [0.717, 1.165) is 4.90 Å². The van der Waals surface area contributed by atoms with E-state index in [1.165, 1.54) is 29.1 Å². The lowest BCUT2D eigenvalue weighted by Crippen LogP contribution is -2.40. The van der Waals surface area contributed by atoms with Gasteiger partial charge in [-0.3, -0.25) is 9.59 Å². The fourth-order valence-corrected chi connectivity index (χ4v) is 5.73. The fourth-order valence-electron chi connectivity index (χ4n) is 3.20. The summed E-state index contributed by atoms with van der Waals surface area (Å²) < 4.78 is 32.7. The molecule has 2 N–H and O–H groups in total. The first-order valence-corrected chi connectivity index (χ1v) is 12.5. The Morgan fingerprint density at radius 1 is 1.03 bits per heavy atom. The zero-order valence-electron chi connectivity index (χ0n) is 18.3. The Bertz CT molecular complexity index is 1080. The van der Waals surface area contributed by atoms with Gasteiger partial charge in [0.25, 0.3) is 0 Å². The third-order valence-electron chi connectivity index (χ3n) is 4.90. The largest absolute Gasteiger partial charge is 0.379 e. The van der Waals surface area contributed by atoms with Gasteiger partial charge in [0.1, 0.15) is 0 Å². The molecule has 0 aromatic heterocycles. The lowest BCUT2D eigenvalue weighted by molar-refractivity contribution is -0.115. The van der Waals surface area contributed by atoms with Gasteiger partial charge < -0.3 is 15.4 Å². The van der Waals surface area contributed by atoms with Crippen molar-refractivity contribution in [3.63, 3.8) is 0 Å². The van der Waals surface area contributed by atoms with Crippen molar-refractivity contribution < 1.29 is 22.7 Å². The Morgan fingerprint density at radius 3 is 2.28 bits per heavy atom. The van der Waals surface area contributed by atoms with Crippen LogP contribution in [0.1, 0.15) is 19.4 Å². The molecule has 1 unspecified atom stereocenters. The molecule has 1 saturated heterocycles. The number of amides is 2. The third-order valence-corrected chi connectivity index (χ3v) is 8.05. The molecule has 0 saturated carbocycles. The predicted octanol–water partition coefficient (Wildman–Crippen LogP) is 3.09. The van der Waals surface area contributed by atoms with E-state index in [1.54, 1.807) is 38.1 Å². The Kier molecular flexibility index (Phi) is 7.94. The van der Waals surface area contributed by atoms with Crippen molar-refractivity contribution >= 4 is 45.0 Å². The van der Waals surface area contributed by atoms with E-state index < -0.39 is 15.3 Å². The average Bonchev–Trinajstić information content (AvgIpc) is 2.76. The summed E-state index contributed by atoms with van der Waals surface area (Å²) in [6, 6.07) is 12.1. The summed E-state index contributed by atoms with van der Waals surface area (Å²) in [5.74, 6) is -0.384. The van der Waals surface area contributed by atoms with E-state index in [1.807, 2.05) is 12.1 Å². The molecule has 32 heavy (non-hydrogen) atoms. The van der Waals surface area contributed by atoms with Crippen molar-refractivity contribution in [2.45, 2.75) is 35.8 Å². The molecular formula is C22H27N3O5S2. The number of carbonyl (C=O) groups is 2. The quantitative estimate of drug-likeness (QED) is 0.594. The van der Waals surface area contributed by atoms with Gasteiger partial charge in [0.15, 0.2) is 0 Å². The van der Waals surface area contributed by atoms with E-state index >= 15 is 0 Å². The minimum absolute atomic E-state index is 0.147. The average molecular weight is 478 g/mol. The van der Waals surface area contributed by atoms with E-state index in [2.05, 4.69) is 10.6 Å². The number of ether oxygens (including phenoxy) is 1. The van der Waals surface area contributed by atoms with Crippen LogP contribution >= 0.6 is 11.8 Å². The number of hydrogen-bond acceptors (Lipinski definition) is 6. The number of sulfonamides is 1. The van der Waals surface area contributed by atoms with E-state index in [0.29, 0.717) is 43.2 Å². The Morgan fingerprint density at radius 2 is 1.66 bits per heavy atom. The van der Waals surface area contributed by atoms with Crippen LogP contribution in [0.2, 0.25) is 0 Å². The molecule has 172 valence electrons. The van der Waals surface area contributed by atoms with Gasteiger partial charge in [-0.25, -0.2) is 8.42 Å². The Labute approximate surface area is 192 Å². The maximum atomic E-state index is 13.0. The summed E-state index contributed by atoms with van der Waals surface area (Å²) >= 11 is 1.37. The number of morpholine rings is 1. The normalized spacial score (nSPS) is 15.7. The van der Waals surface area contributed by atoms with Gasteiger partial charge in [-0.1, -0.05) is 6.07 Å². The molecule has 0 spiro atoms. The van der Waals surface area contributed by atoms with Crippen LogP contribution in [0.25, 0.3) is 0 Å². The van der Waals surface area contributed by atoms with Crippen molar-refractivity contribution in [1.29, 1.82) is 0 Å². The summed E-state index contributed by atoms with van der Waals surface area (Å²) in [4.78, 5) is 24.9. The van der Waals surface area contributed by atoms with Gasteiger partial charge in [0.2, 0.25) is 21.8 Å². The van der Waals surface area contributed by atoms with Crippen molar-refractivity contribution in [2.75, 3.05) is 36.9 Å². The smallest absolute Gasteiger partial charge is 0.243 e. The molecule has 2 amide bonds. The molecule has 10 heteroatoms. The second kappa shape index (κ2) is 10.5. The van der Waals surface area contributed by atoms with Crippen LogP contribution in [0.5, 0.6) is 0 Å². The van der Waals surface area contributed by atoms with Gasteiger partial charge in [-0.2, -0.15) is 4.31 Å². The molecule has 1 aliphatic rings. The number of thioether (sulfide) groups is 1. The molecule has 2 aromatic rings. The summed E-state index contributed by atoms with van der Waals surface area (Å²) in [7, 11) is -3.67. The highest BCUT2D eigenvalue weighted by molar-refractivity contribution is 8.00. The molecule has 1 aliphatic heterocycles. The number of aryl methyl sites for hydroxylation is 1. The SMILES string of the molecule is CC(=O)Nc1ccc(SC(C)C(=O)Nc2ccc(C)c(S(=O)(=O)N3CCOCC3)c2)cc1. The molecular weight excluding hydrogens is 450 g/mol. The van der Waals surface area contributed by atoms with Crippen LogP contribution in [0, 0.1) is 6.92 Å². The zero-order valence-corrected chi connectivity index (χ0v) is 19.9. The number of benzene rings is 2. The first kappa shape index (κ1) is 24.2. The zero-order chi connectivity index (χ0) is 23.3. The summed E-state index contributed by atoms with van der Waals surface area (Å²) in [6.45, 7) is 6.32. The highest BCUT2D eigenvalue weighted by Crippen LogP contribution is 2.27. The van der Waals surface area contributed by atoms with Crippen molar-refractivity contribution in [3.8, 4) is 0 Å². The van der Waals surface area contributed by atoms with Gasteiger partial charge in [0, 0.05) is 36.3 Å². The lowest BCUT2D eigenvalue weighted by Gasteiger charge is -2.27. The first-order valence-electron chi connectivity index (χ1n) is 10.2. The second-order valence-electron chi connectivity index (χ2n) is 7.45. The standard InChI is InChI=1S/C22H27N3O5S2/c1-15-4-5-19(14-21(15)32(28,29)25-10-12-30-13-11-25)24-22(27)16(2)31-20-8-6-18(7-9-20)23-17(3)26/h4-9,14,16H,10-13H2,1-3H3,(H,23,26)(H,24,27). The van der Waals surface area contributed by atoms with Gasteiger partial charge >= 0.3 is 0 Å². The monoisotopic (exact) mass is 477 g/mol. The number of hydrogen-bond donors (Lipinski definition) is 2. The summed E-state index contributed by atoms with van der Waals surface area (Å²) in [5, 5.41) is 5.10. The van der Waals surface area contributed by atoms with Crippen LogP contribution in [-0.4, -0.2) is 56.1 Å². The van der Waals surface area contributed by atoms with Gasteiger partial charge in [-0.05, 0) is 55.8 Å². The fraction of sp³-hybridized carbons (Fsp3) is 0.364. The molecule has 1 atom stereocenters. The molecule has 0 radical (unpaired) electrons. The van der Waals surface area contributed by atoms with Crippen LogP contribution < -0.4 is 10.6 Å². The molecule has 8 nitrogen and oxygen atoms in total. The maximum absolute atomic E-state index is 13.0. The van der Waals surface area contributed by atoms with Crippen LogP contribution in [0.3, 0.4) is 0 Å². The number of nitrogens with zero attached hydrogens (tertiary/aromatic N) is 1. The van der Waals surface area contributed by atoms with Gasteiger partial charge in [0.05, 0.1) is 23.4 Å². The second-order valence-corrected chi connectivity index (χ2v) is 10.8. The van der Waals surface area contributed by atoms with Crippen LogP contribution in [0.4, 0.5) is 11.4 Å². The van der Waals surface area contributed by atoms with Crippen LogP contribution in [-0.2, 0) is 24.3 Å². The molecule has 0 bridgehead atoms. The number of anilines is 2. The Balaban J connectivity index is 1.68. The molecule has 1 heterocycles. The van der Waals surface area contributed by atoms with E-state index in [4.69, 9.17) is 4.74 Å². The molecule has 2 aromatic carbocycles. The number of nitrogens with one attached hydrogen (secondary N) is 2.